The number of likely N-dealkylation sites (tertiary alicyclic amines) is 1. The number of carbonyl (C=O) groups is 3. The number of halogens is 2. The lowest BCUT2D eigenvalue weighted by molar-refractivity contribution is -0.134. The van der Waals surface area contributed by atoms with E-state index in [1.165, 1.54) is 26.9 Å². The molecule has 1 saturated heterocycles. The molecule has 4 atom stereocenters. The zero-order valence-corrected chi connectivity index (χ0v) is 44.7. The molecule has 0 bridgehead atoms. The van der Waals surface area contributed by atoms with Crippen molar-refractivity contribution in [2.24, 2.45) is 18.0 Å². The van der Waals surface area contributed by atoms with Crippen LogP contribution in [0.25, 0.3) is 32.5 Å². The van der Waals surface area contributed by atoms with Crippen molar-refractivity contribution in [3.8, 4) is 27.4 Å². The van der Waals surface area contributed by atoms with Crippen LogP contribution in [-0.4, -0.2) is 105 Å². The van der Waals surface area contributed by atoms with Crippen molar-refractivity contribution >= 4 is 67.1 Å². The molecule has 402 valence electrons. The molecule has 5 aromatic heterocycles. The Kier molecular flexibility index (Phi) is 14.2. The molecule has 2 aromatic carbocycles. The molecule has 1 fully saturated rings. The Bertz CT molecular complexity index is 3680. The number of amides is 3. The molecular formula is C54H56F2N10O9S2. The topological polar surface area (TPSA) is 247 Å². The number of nitrogens with zero attached hydrogens (tertiary/aromatic N) is 7. The maximum absolute atomic E-state index is 15.6. The Balaban J connectivity index is 0.783. The fourth-order valence-corrected chi connectivity index (χ4v) is 12.1. The summed E-state index contributed by atoms with van der Waals surface area (Å²) in [6, 6.07) is 12.2. The van der Waals surface area contributed by atoms with Crippen molar-refractivity contribution in [1.82, 2.24) is 40.2 Å². The van der Waals surface area contributed by atoms with Gasteiger partial charge in [0, 0.05) is 79.4 Å². The van der Waals surface area contributed by atoms with Crippen LogP contribution in [0.2, 0.25) is 0 Å². The zero-order valence-electron chi connectivity index (χ0n) is 43.0. The molecule has 3 aliphatic heterocycles. The summed E-state index contributed by atoms with van der Waals surface area (Å²) in [6.07, 6.45) is 6.12. The maximum Gasteiger partial charge on any atom is 0.274 e. The summed E-state index contributed by atoms with van der Waals surface area (Å²) in [5.74, 6) is -4.17. The number of H-pyrrole nitrogens is 1. The van der Waals surface area contributed by atoms with Crippen molar-refractivity contribution in [3.05, 3.63) is 128 Å². The van der Waals surface area contributed by atoms with E-state index in [0.717, 1.165) is 28.6 Å². The number of anilines is 2. The van der Waals surface area contributed by atoms with E-state index in [2.05, 4.69) is 30.7 Å². The van der Waals surface area contributed by atoms with Crippen LogP contribution < -0.4 is 25.8 Å². The molecule has 19 nitrogen and oxygen atoms in total. The molecule has 0 spiro atoms. The van der Waals surface area contributed by atoms with Crippen LogP contribution in [0.3, 0.4) is 0 Å². The fourth-order valence-electron chi connectivity index (χ4n) is 10.5. The average Bonchev–Trinajstić information content (AvgIpc) is 4.34. The summed E-state index contributed by atoms with van der Waals surface area (Å²) in [6.45, 7) is 7.84. The number of benzene rings is 2. The van der Waals surface area contributed by atoms with Crippen molar-refractivity contribution in [3.63, 3.8) is 0 Å². The van der Waals surface area contributed by atoms with Gasteiger partial charge in [-0.2, -0.15) is 0 Å². The van der Waals surface area contributed by atoms with E-state index < -0.39 is 56.7 Å². The van der Waals surface area contributed by atoms with Gasteiger partial charge < -0.3 is 44.4 Å². The van der Waals surface area contributed by atoms with Crippen molar-refractivity contribution in [2.75, 3.05) is 30.9 Å². The highest BCUT2D eigenvalue weighted by molar-refractivity contribution is 7.89. The van der Waals surface area contributed by atoms with E-state index in [0.29, 0.717) is 58.8 Å². The molecule has 4 N–H and O–H groups in total. The second-order valence-corrected chi connectivity index (χ2v) is 23.4. The summed E-state index contributed by atoms with van der Waals surface area (Å²) in [4.78, 5) is 75.7. The van der Waals surface area contributed by atoms with Crippen LogP contribution in [-0.2, 0) is 44.3 Å². The number of rotatable bonds is 17. The second-order valence-electron chi connectivity index (χ2n) is 20.4. The predicted molar refractivity (Wildman–Crippen MR) is 285 cm³/mol. The third kappa shape index (κ3) is 10.3. The van der Waals surface area contributed by atoms with Gasteiger partial charge in [-0.15, -0.1) is 11.3 Å². The summed E-state index contributed by atoms with van der Waals surface area (Å²) in [5, 5.41) is 21.3. The Morgan fingerprint density at radius 3 is 2.56 bits per heavy atom. The van der Waals surface area contributed by atoms with Gasteiger partial charge in [0.1, 0.15) is 23.1 Å². The number of sulfone groups is 1. The monoisotopic (exact) mass is 1090 g/mol. The SMILES string of the molecule is Cc1ncsc1-c1ccc([C@]2(C)N=C(C3C[C@@H](O)CN3C(=O)C(c3cc(OCCCCCNC(=O)c4cc5c(cc4CS(C)(=O)=O)-c4cn(C)c(=O)c6[nH]cc(c46)CN5c4ncc(F)cc4F)no3)C(C)C)NC2=O)cc1. The number of fused-ring (bicyclic) bond motifs is 2. The normalized spacial score (nSPS) is 18.6. The number of aliphatic imine (C=N–C) groups is 1. The molecule has 0 radical (unpaired) electrons. The highest BCUT2D eigenvalue weighted by Gasteiger charge is 2.48. The van der Waals surface area contributed by atoms with Gasteiger partial charge in [-0.1, -0.05) is 38.1 Å². The minimum absolute atomic E-state index is 0.0259. The number of aliphatic hydroxyl groups excluding tert-OH is 1. The first kappa shape index (κ1) is 52.8. The second kappa shape index (κ2) is 20.7. The van der Waals surface area contributed by atoms with E-state index >= 15 is 4.39 Å². The Morgan fingerprint density at radius 2 is 1.84 bits per heavy atom. The fraction of sp³-hybridized carbons (Fsp3) is 0.370. The van der Waals surface area contributed by atoms with E-state index in [1.807, 2.05) is 45.0 Å². The van der Waals surface area contributed by atoms with E-state index in [9.17, 15) is 37.1 Å². The number of hydrogen-bond acceptors (Lipinski definition) is 15. The number of amidine groups is 1. The Morgan fingerprint density at radius 1 is 1.06 bits per heavy atom. The zero-order chi connectivity index (χ0) is 54.7. The van der Waals surface area contributed by atoms with Gasteiger partial charge in [-0.3, -0.25) is 19.2 Å². The molecule has 0 aliphatic carbocycles. The highest BCUT2D eigenvalue weighted by atomic mass is 32.2. The summed E-state index contributed by atoms with van der Waals surface area (Å²) in [5.41, 5.74) is 5.10. The molecule has 0 saturated carbocycles. The largest absolute Gasteiger partial charge is 0.476 e. The van der Waals surface area contributed by atoms with Gasteiger partial charge >= 0.3 is 0 Å². The van der Waals surface area contributed by atoms with Crippen LogP contribution in [0.5, 0.6) is 5.88 Å². The summed E-state index contributed by atoms with van der Waals surface area (Å²) >= 11 is 1.54. The third-order valence-corrected chi connectivity index (χ3v) is 16.2. The number of carbonyl (C=O) groups excluding carboxylic acids is 3. The number of hydrogen-bond donors (Lipinski definition) is 4. The standard InChI is InChI=1S/C54H56F2N10O9S2/c1-28(2)44(51(69)66-24-35(67)18-41(66)48-61-53(71)54(4,62-48)33-12-10-30(11-13-33)47-29(3)60-27-76-47)42-20-43(63-75-42)74-15-9-7-8-14-57-50(68)36-19-40-37(16-31(36)26-77(6,72)73)38-25-64(5)52(70)46-45(38)32(21-58-46)23-65(40)49-39(56)17-34(55)22-59-49/h10-13,16-17,19-22,25,27-28,35,41,44,58,67H,7-9,14-15,18,23-24,26H2,1-6H3,(H,57,68)(H,61,62,71)/t35-,41?,44?,54+/m1/s1. The first-order valence-electron chi connectivity index (χ1n) is 25.1. The van der Waals surface area contributed by atoms with E-state index in [1.54, 1.807) is 48.9 Å². The number of aliphatic hydroxyl groups is 1. The van der Waals surface area contributed by atoms with Crippen LogP contribution >= 0.6 is 11.3 Å². The number of nitrogens with one attached hydrogen (secondary N) is 3. The van der Waals surface area contributed by atoms with Gasteiger partial charge in [0.15, 0.2) is 32.8 Å². The number of β-amino-alcohol motifs (C(OH)–C–C–N with tert-alkyl or cyclic N) is 1. The maximum atomic E-state index is 15.6. The molecule has 8 heterocycles. The molecular weight excluding hydrogens is 1030 g/mol. The van der Waals surface area contributed by atoms with Crippen LogP contribution in [0.1, 0.15) is 90.9 Å². The molecule has 3 aliphatic rings. The Labute approximate surface area is 445 Å². The first-order chi connectivity index (χ1) is 36.7. The number of pyridine rings is 2. The van der Waals surface area contributed by atoms with Gasteiger partial charge in [0.05, 0.1) is 59.0 Å². The number of aromatic nitrogens is 5. The number of thiazole rings is 1. The molecule has 7 aromatic rings. The lowest BCUT2D eigenvalue weighted by Gasteiger charge is -2.29. The van der Waals surface area contributed by atoms with Gasteiger partial charge in [-0.05, 0) is 78.6 Å². The van der Waals surface area contributed by atoms with Gasteiger partial charge in [-0.25, -0.2) is 32.2 Å². The minimum atomic E-state index is -3.70. The summed E-state index contributed by atoms with van der Waals surface area (Å²) < 4.78 is 68.4. The van der Waals surface area contributed by atoms with Crippen LogP contribution in [0.4, 0.5) is 20.3 Å². The predicted octanol–water partition coefficient (Wildman–Crippen LogP) is 6.95. The van der Waals surface area contributed by atoms with Crippen LogP contribution in [0, 0.1) is 24.5 Å². The van der Waals surface area contributed by atoms with Crippen LogP contribution in [0.15, 0.2) is 86.9 Å². The molecule has 3 amide bonds. The molecule has 2 unspecified atom stereocenters. The van der Waals surface area contributed by atoms with Gasteiger partial charge in [0.25, 0.3) is 23.3 Å². The van der Waals surface area contributed by atoms with E-state index in [-0.39, 0.29) is 95.7 Å². The number of aryl methyl sites for hydroxylation is 2. The van der Waals surface area contributed by atoms with Crippen molar-refractivity contribution in [2.45, 2.75) is 89.3 Å². The number of unbranched alkanes of at least 4 members (excludes halogenated alkanes) is 2. The lowest BCUT2D eigenvalue weighted by atomic mass is 9.91. The highest BCUT2D eigenvalue weighted by Crippen LogP contribution is 2.45. The number of aromatic amines is 1. The van der Waals surface area contributed by atoms with E-state index in [4.69, 9.17) is 14.3 Å². The lowest BCUT2D eigenvalue weighted by Crippen LogP contribution is -2.48. The smallest absolute Gasteiger partial charge is 0.274 e. The Hall–Kier alpha value is -7.63. The molecule has 77 heavy (non-hydrogen) atoms. The average molecular weight is 1090 g/mol. The minimum Gasteiger partial charge on any atom is -0.476 e. The summed E-state index contributed by atoms with van der Waals surface area (Å²) in [7, 11) is -2.13. The van der Waals surface area contributed by atoms with Crippen molar-refractivity contribution in [1.29, 1.82) is 0 Å². The van der Waals surface area contributed by atoms with Gasteiger partial charge in [0.2, 0.25) is 5.91 Å². The number of ether oxygens (including phenoxy) is 1. The third-order valence-electron chi connectivity index (χ3n) is 14.4. The molecule has 23 heteroatoms. The first-order valence-corrected chi connectivity index (χ1v) is 28.0. The quantitative estimate of drug-likeness (QED) is 0.0676. The van der Waals surface area contributed by atoms with Crippen molar-refractivity contribution < 1.29 is 45.9 Å². The molecule has 10 rings (SSSR count).